The van der Waals surface area contributed by atoms with Crippen molar-refractivity contribution in [1.82, 2.24) is 24.8 Å². The second kappa shape index (κ2) is 7.22. The number of pyridine rings is 2. The van der Waals surface area contributed by atoms with Crippen molar-refractivity contribution in [2.45, 2.75) is 6.92 Å². The molecule has 0 aliphatic carbocycles. The molecular weight excluding hydrogens is 378 g/mol. The number of nitrogens with one attached hydrogen (secondary N) is 1. The van der Waals surface area contributed by atoms with Crippen LogP contribution in [0.3, 0.4) is 0 Å². The Morgan fingerprint density at radius 2 is 1.87 bits per heavy atom. The number of anilines is 3. The number of aromatic nitrogens is 4. The highest BCUT2D eigenvalue weighted by molar-refractivity contribution is 5.95. The van der Waals surface area contributed by atoms with Gasteiger partial charge in [-0.25, -0.2) is 15.0 Å². The van der Waals surface area contributed by atoms with E-state index in [-0.39, 0.29) is 5.91 Å². The molecule has 5 heterocycles. The topological polar surface area (TPSA) is 87.1 Å². The van der Waals surface area contributed by atoms with Crippen LogP contribution in [0.4, 0.5) is 17.5 Å². The maximum atomic E-state index is 12.2. The third kappa shape index (κ3) is 3.06. The highest BCUT2D eigenvalue weighted by atomic mass is 16.2. The summed E-state index contributed by atoms with van der Waals surface area (Å²) in [6, 6.07) is 5.87. The summed E-state index contributed by atoms with van der Waals surface area (Å²) >= 11 is 0. The van der Waals surface area contributed by atoms with Gasteiger partial charge in [0.15, 0.2) is 0 Å². The van der Waals surface area contributed by atoms with Gasteiger partial charge in [0, 0.05) is 67.0 Å². The molecule has 1 amide bonds. The molecule has 3 aromatic rings. The van der Waals surface area contributed by atoms with Crippen LogP contribution >= 0.6 is 0 Å². The summed E-state index contributed by atoms with van der Waals surface area (Å²) in [6.45, 7) is 8.11. The summed E-state index contributed by atoms with van der Waals surface area (Å²) in [5, 5.41) is 3.37. The molecular formula is C22H21N7O. The van der Waals surface area contributed by atoms with E-state index in [2.05, 4.69) is 31.7 Å². The molecule has 30 heavy (non-hydrogen) atoms. The third-order valence-electron chi connectivity index (χ3n) is 5.42. The van der Waals surface area contributed by atoms with E-state index < -0.39 is 0 Å². The standard InChI is InChI=1S/C22H21N7O/c1-14(2)21(30)28-8-10-29(11-9-28)22-25-12-17-15-5-7-23-13-18(15)26-20-16(19(17)27-22)4-3-6-24-20/h3-7,12-13H,1,8-11H2,2H3,(H,24,26). The zero-order valence-corrected chi connectivity index (χ0v) is 16.7. The number of hydrogen-bond acceptors (Lipinski definition) is 7. The fourth-order valence-electron chi connectivity index (χ4n) is 3.86. The van der Waals surface area contributed by atoms with Gasteiger partial charge in [-0.3, -0.25) is 9.78 Å². The Hall–Kier alpha value is -3.81. The van der Waals surface area contributed by atoms with Gasteiger partial charge in [0.1, 0.15) is 5.82 Å². The SMILES string of the molecule is C=C(C)C(=O)N1CCN(c2ncc3c(n2)-c2cccnc2Nc2cnccc2-3)CC1. The van der Waals surface area contributed by atoms with Crippen molar-refractivity contribution in [3.8, 4) is 22.4 Å². The molecule has 8 nitrogen and oxygen atoms in total. The Kier molecular flexibility index (Phi) is 4.39. The number of fused-ring (bicyclic) bond motifs is 5. The van der Waals surface area contributed by atoms with Gasteiger partial charge in [0.25, 0.3) is 0 Å². The molecule has 3 aromatic heterocycles. The van der Waals surface area contributed by atoms with Gasteiger partial charge in [-0.05, 0) is 25.1 Å². The van der Waals surface area contributed by atoms with Crippen LogP contribution in [-0.4, -0.2) is 56.9 Å². The Labute approximate surface area is 174 Å². The second-order valence-electron chi connectivity index (χ2n) is 7.44. The molecule has 0 atom stereocenters. The van der Waals surface area contributed by atoms with Crippen molar-refractivity contribution < 1.29 is 4.79 Å². The van der Waals surface area contributed by atoms with Gasteiger partial charge >= 0.3 is 0 Å². The van der Waals surface area contributed by atoms with Crippen LogP contribution in [0.1, 0.15) is 6.92 Å². The first-order valence-corrected chi connectivity index (χ1v) is 9.85. The molecule has 0 spiro atoms. The molecule has 1 N–H and O–H groups in total. The zero-order chi connectivity index (χ0) is 20.7. The molecule has 1 fully saturated rings. The summed E-state index contributed by atoms with van der Waals surface area (Å²) in [5.41, 5.74) is 5.12. The average molecular weight is 399 g/mol. The van der Waals surface area contributed by atoms with Crippen LogP contribution in [0.25, 0.3) is 22.4 Å². The van der Waals surface area contributed by atoms with Crippen LogP contribution in [-0.2, 0) is 4.79 Å². The van der Waals surface area contributed by atoms with Crippen LogP contribution in [0.5, 0.6) is 0 Å². The van der Waals surface area contributed by atoms with E-state index in [0.717, 1.165) is 33.9 Å². The van der Waals surface area contributed by atoms with E-state index in [9.17, 15) is 4.79 Å². The second-order valence-corrected chi connectivity index (χ2v) is 7.44. The Morgan fingerprint density at radius 1 is 1.03 bits per heavy atom. The van der Waals surface area contributed by atoms with Crippen LogP contribution in [0.15, 0.2) is 55.1 Å². The average Bonchev–Trinajstić information content (AvgIpc) is 2.93. The fourth-order valence-corrected chi connectivity index (χ4v) is 3.86. The summed E-state index contributed by atoms with van der Waals surface area (Å²) in [7, 11) is 0. The minimum atomic E-state index is 0.00814. The number of hydrogen-bond donors (Lipinski definition) is 1. The van der Waals surface area contributed by atoms with Gasteiger partial charge in [0.2, 0.25) is 11.9 Å². The van der Waals surface area contributed by atoms with Crippen LogP contribution < -0.4 is 10.2 Å². The normalized spacial score (nSPS) is 14.7. The molecule has 5 rings (SSSR count). The molecule has 150 valence electrons. The maximum Gasteiger partial charge on any atom is 0.249 e. The number of carbonyl (C=O) groups excluding carboxylic acids is 1. The lowest BCUT2D eigenvalue weighted by atomic mass is 10.0. The van der Waals surface area contributed by atoms with E-state index in [1.807, 2.05) is 29.3 Å². The first-order chi connectivity index (χ1) is 14.6. The number of piperazine rings is 1. The molecule has 0 aromatic carbocycles. The molecule has 1 saturated heterocycles. The minimum Gasteiger partial charge on any atom is -0.338 e. The number of rotatable bonds is 2. The lowest BCUT2D eigenvalue weighted by molar-refractivity contribution is -0.127. The monoisotopic (exact) mass is 399 g/mol. The lowest BCUT2D eigenvalue weighted by Crippen LogP contribution is -2.49. The molecule has 0 bridgehead atoms. The van der Waals surface area contributed by atoms with Gasteiger partial charge < -0.3 is 15.1 Å². The van der Waals surface area contributed by atoms with Gasteiger partial charge in [-0.1, -0.05) is 6.58 Å². The van der Waals surface area contributed by atoms with Crippen molar-refractivity contribution in [2.24, 2.45) is 0 Å². The number of nitrogens with zero attached hydrogens (tertiary/aromatic N) is 6. The van der Waals surface area contributed by atoms with Crippen molar-refractivity contribution in [3.05, 3.63) is 55.1 Å². The fraction of sp³-hybridized carbons (Fsp3) is 0.227. The molecule has 2 aliphatic heterocycles. The van der Waals surface area contributed by atoms with Gasteiger partial charge in [-0.2, -0.15) is 0 Å². The molecule has 8 heteroatoms. The minimum absolute atomic E-state index is 0.00814. The van der Waals surface area contributed by atoms with E-state index in [0.29, 0.717) is 37.7 Å². The largest absolute Gasteiger partial charge is 0.338 e. The van der Waals surface area contributed by atoms with Crippen molar-refractivity contribution in [2.75, 3.05) is 36.4 Å². The summed E-state index contributed by atoms with van der Waals surface area (Å²) in [4.78, 5) is 34.5. The predicted octanol–water partition coefficient (Wildman–Crippen LogP) is 2.88. The van der Waals surface area contributed by atoms with E-state index in [1.54, 1.807) is 25.5 Å². The Morgan fingerprint density at radius 3 is 2.67 bits per heavy atom. The first kappa shape index (κ1) is 18.2. The van der Waals surface area contributed by atoms with E-state index in [4.69, 9.17) is 4.98 Å². The first-order valence-electron chi connectivity index (χ1n) is 9.85. The Balaban J connectivity index is 1.52. The van der Waals surface area contributed by atoms with E-state index >= 15 is 0 Å². The molecule has 0 saturated carbocycles. The van der Waals surface area contributed by atoms with Gasteiger partial charge in [-0.15, -0.1) is 0 Å². The summed E-state index contributed by atoms with van der Waals surface area (Å²) in [6.07, 6.45) is 7.17. The molecule has 2 aliphatic rings. The van der Waals surface area contributed by atoms with Crippen LogP contribution in [0.2, 0.25) is 0 Å². The van der Waals surface area contributed by atoms with Crippen LogP contribution in [0, 0.1) is 0 Å². The van der Waals surface area contributed by atoms with E-state index in [1.165, 1.54) is 0 Å². The Bertz CT molecular complexity index is 1150. The molecule has 0 unspecified atom stereocenters. The smallest absolute Gasteiger partial charge is 0.249 e. The number of amides is 1. The highest BCUT2D eigenvalue weighted by Gasteiger charge is 2.26. The van der Waals surface area contributed by atoms with Gasteiger partial charge in [0.05, 0.1) is 17.6 Å². The summed E-state index contributed by atoms with van der Waals surface area (Å²) < 4.78 is 0. The lowest BCUT2D eigenvalue weighted by Gasteiger charge is -2.35. The maximum absolute atomic E-state index is 12.2. The van der Waals surface area contributed by atoms with Crippen molar-refractivity contribution in [1.29, 1.82) is 0 Å². The highest BCUT2D eigenvalue weighted by Crippen LogP contribution is 2.42. The zero-order valence-electron chi connectivity index (χ0n) is 16.7. The number of carbonyl (C=O) groups is 1. The molecule has 0 radical (unpaired) electrons. The quantitative estimate of drug-likeness (QED) is 0.519. The third-order valence-corrected chi connectivity index (χ3v) is 5.42. The van der Waals surface area contributed by atoms with Crippen molar-refractivity contribution >= 4 is 23.4 Å². The summed E-state index contributed by atoms with van der Waals surface area (Å²) in [5.74, 6) is 1.41. The van der Waals surface area contributed by atoms with Crippen molar-refractivity contribution in [3.63, 3.8) is 0 Å². The predicted molar refractivity (Wildman–Crippen MR) is 115 cm³/mol.